The number of carbonyl (C=O) groups is 1. The van der Waals surface area contributed by atoms with Crippen molar-refractivity contribution in [1.29, 1.82) is 0 Å². The van der Waals surface area contributed by atoms with Gasteiger partial charge in [-0.25, -0.2) is 8.78 Å². The van der Waals surface area contributed by atoms with Gasteiger partial charge in [0, 0.05) is 18.2 Å². The normalized spacial score (nSPS) is 13.2. The number of halogens is 4. The van der Waals surface area contributed by atoms with E-state index in [2.05, 4.69) is 10.1 Å². The van der Waals surface area contributed by atoms with Crippen LogP contribution in [0.15, 0.2) is 24.3 Å². The largest absolute Gasteiger partial charge is 0.370 e. The van der Waals surface area contributed by atoms with Crippen LogP contribution in [-0.4, -0.2) is 31.4 Å². The summed E-state index contributed by atoms with van der Waals surface area (Å²) in [6, 6.07) is 6.29. The monoisotopic (exact) mass is 322 g/mol. The third-order valence-electron chi connectivity index (χ3n) is 2.88. The van der Waals surface area contributed by atoms with Crippen LogP contribution in [-0.2, 0) is 16.1 Å². The van der Waals surface area contributed by atoms with E-state index < -0.39 is 19.0 Å². The van der Waals surface area contributed by atoms with Crippen LogP contribution >= 0.6 is 0 Å². The maximum atomic E-state index is 12.7. The van der Waals surface area contributed by atoms with E-state index in [0.717, 1.165) is 0 Å². The Hall–Kier alpha value is -1.67. The number of hydrogen-bond acceptors (Lipinski definition) is 3. The van der Waals surface area contributed by atoms with E-state index in [-0.39, 0.29) is 25.0 Å². The topological polar surface area (TPSA) is 64.4 Å². The number of ether oxygens (including phenoxy) is 1. The predicted octanol–water partition coefficient (Wildman–Crippen LogP) is 2.64. The summed E-state index contributed by atoms with van der Waals surface area (Å²) < 4.78 is 53.9. The number of benzene rings is 1. The lowest BCUT2D eigenvalue weighted by atomic mass is 10.1. The van der Waals surface area contributed by atoms with Gasteiger partial charge in [-0.2, -0.15) is 8.78 Å². The molecule has 0 aromatic heterocycles. The molecule has 1 atom stereocenters. The average Bonchev–Trinajstić information content (AvgIpc) is 2.46. The maximum Gasteiger partial charge on any atom is 0.330 e. The van der Waals surface area contributed by atoms with Crippen molar-refractivity contribution in [3.63, 3.8) is 0 Å². The first-order valence-electron chi connectivity index (χ1n) is 6.60. The number of anilines is 1. The number of rotatable bonds is 8. The lowest BCUT2D eigenvalue weighted by molar-refractivity contribution is -0.168. The van der Waals surface area contributed by atoms with E-state index in [1.165, 1.54) is 6.07 Å². The second-order valence-corrected chi connectivity index (χ2v) is 4.88. The van der Waals surface area contributed by atoms with Gasteiger partial charge in [-0.05, 0) is 17.7 Å². The number of carbonyl (C=O) groups excluding carboxylic acids is 1. The van der Waals surface area contributed by atoms with E-state index >= 15 is 0 Å². The van der Waals surface area contributed by atoms with Crippen LogP contribution in [0.1, 0.15) is 12.5 Å². The van der Waals surface area contributed by atoms with Crippen LogP contribution in [0.5, 0.6) is 0 Å². The van der Waals surface area contributed by atoms with Gasteiger partial charge in [0.05, 0.1) is 6.61 Å². The van der Waals surface area contributed by atoms with Gasteiger partial charge in [-0.3, -0.25) is 4.79 Å². The number of hydrogen-bond donors (Lipinski definition) is 2. The van der Waals surface area contributed by atoms with E-state index in [4.69, 9.17) is 5.73 Å². The minimum Gasteiger partial charge on any atom is -0.370 e. The molecular weight excluding hydrogens is 304 g/mol. The molecule has 0 aliphatic carbocycles. The lowest BCUT2D eigenvalue weighted by Gasteiger charge is -2.15. The zero-order valence-corrected chi connectivity index (χ0v) is 12.0. The van der Waals surface area contributed by atoms with Crippen molar-refractivity contribution in [2.24, 2.45) is 11.7 Å². The lowest BCUT2D eigenvalue weighted by Crippen LogP contribution is -2.32. The molecule has 3 N–H and O–H groups in total. The number of alkyl halides is 4. The van der Waals surface area contributed by atoms with E-state index in [9.17, 15) is 22.4 Å². The minimum atomic E-state index is -4.18. The second kappa shape index (κ2) is 8.09. The molecule has 0 saturated carbocycles. The minimum absolute atomic E-state index is 0.192. The average molecular weight is 322 g/mol. The molecule has 22 heavy (non-hydrogen) atoms. The number of amides is 1. The van der Waals surface area contributed by atoms with Crippen molar-refractivity contribution in [2.75, 3.05) is 18.5 Å². The van der Waals surface area contributed by atoms with Crippen LogP contribution in [0, 0.1) is 5.92 Å². The van der Waals surface area contributed by atoms with Crippen LogP contribution in [0.25, 0.3) is 0 Å². The Morgan fingerprint density at radius 3 is 2.68 bits per heavy atom. The third kappa shape index (κ3) is 5.61. The highest BCUT2D eigenvalue weighted by atomic mass is 19.3. The first-order chi connectivity index (χ1) is 10.3. The molecule has 0 spiro atoms. The molecule has 0 fully saturated rings. The van der Waals surface area contributed by atoms with E-state index in [0.29, 0.717) is 11.3 Å². The summed E-state index contributed by atoms with van der Waals surface area (Å²) in [6.07, 6.45) is -3.77. The highest BCUT2D eigenvalue weighted by molar-refractivity contribution is 5.92. The van der Waals surface area contributed by atoms with E-state index in [1.54, 1.807) is 25.1 Å². The zero-order valence-electron chi connectivity index (χ0n) is 12.0. The molecule has 0 aliphatic heterocycles. The van der Waals surface area contributed by atoms with Crippen molar-refractivity contribution >= 4 is 11.6 Å². The number of nitrogens with two attached hydrogens (primary N) is 1. The summed E-state index contributed by atoms with van der Waals surface area (Å²) >= 11 is 0. The molecule has 0 saturated heterocycles. The highest BCUT2D eigenvalue weighted by Crippen LogP contribution is 2.23. The molecule has 1 aromatic carbocycles. The SMILES string of the molecule is CC(CN)C(=O)Nc1cccc(COCC(F)(F)C(F)F)c1. The Morgan fingerprint density at radius 1 is 1.41 bits per heavy atom. The summed E-state index contributed by atoms with van der Waals surface area (Å²) in [7, 11) is 0. The summed E-state index contributed by atoms with van der Waals surface area (Å²) in [5.41, 5.74) is 6.30. The van der Waals surface area contributed by atoms with Gasteiger partial charge in [-0.15, -0.1) is 0 Å². The van der Waals surface area contributed by atoms with Gasteiger partial charge < -0.3 is 15.8 Å². The van der Waals surface area contributed by atoms with Gasteiger partial charge in [0.2, 0.25) is 5.91 Å². The molecule has 1 unspecified atom stereocenters. The fourth-order valence-corrected chi connectivity index (χ4v) is 1.48. The van der Waals surface area contributed by atoms with Gasteiger partial charge in [0.1, 0.15) is 6.61 Å². The van der Waals surface area contributed by atoms with Gasteiger partial charge in [-0.1, -0.05) is 19.1 Å². The first-order valence-corrected chi connectivity index (χ1v) is 6.60. The molecule has 0 bridgehead atoms. The third-order valence-corrected chi connectivity index (χ3v) is 2.88. The predicted molar refractivity (Wildman–Crippen MR) is 73.9 cm³/mol. The van der Waals surface area contributed by atoms with Crippen molar-refractivity contribution in [2.45, 2.75) is 25.9 Å². The standard InChI is InChI=1S/C14H18F4N2O2/c1-9(6-19)12(21)20-11-4-2-3-10(5-11)7-22-8-14(17,18)13(15)16/h2-5,9,13H,6-8,19H2,1H3,(H,20,21). The van der Waals surface area contributed by atoms with Gasteiger partial charge >= 0.3 is 12.3 Å². The summed E-state index contributed by atoms with van der Waals surface area (Å²) in [5.74, 6) is -4.82. The van der Waals surface area contributed by atoms with Crippen molar-refractivity contribution in [1.82, 2.24) is 0 Å². The van der Waals surface area contributed by atoms with Gasteiger partial charge in [0.25, 0.3) is 0 Å². The fourth-order valence-electron chi connectivity index (χ4n) is 1.48. The maximum absolute atomic E-state index is 12.7. The summed E-state index contributed by atoms with van der Waals surface area (Å²) in [4.78, 5) is 11.7. The first kappa shape index (κ1) is 18.4. The molecule has 0 radical (unpaired) electrons. The molecule has 4 nitrogen and oxygen atoms in total. The van der Waals surface area contributed by atoms with Crippen LogP contribution < -0.4 is 11.1 Å². The Bertz CT molecular complexity index is 497. The van der Waals surface area contributed by atoms with Crippen molar-refractivity contribution in [3.8, 4) is 0 Å². The van der Waals surface area contributed by atoms with Crippen molar-refractivity contribution < 1.29 is 27.1 Å². The van der Waals surface area contributed by atoms with E-state index in [1.807, 2.05) is 0 Å². The quantitative estimate of drug-likeness (QED) is 0.723. The Labute approximate surface area is 125 Å². The molecule has 1 aromatic rings. The summed E-state index contributed by atoms with van der Waals surface area (Å²) in [6.45, 7) is 0.218. The molecular formula is C14H18F4N2O2. The Balaban J connectivity index is 2.56. The van der Waals surface area contributed by atoms with Gasteiger partial charge in [0.15, 0.2) is 0 Å². The molecule has 0 heterocycles. The molecule has 8 heteroatoms. The zero-order chi connectivity index (χ0) is 16.8. The van der Waals surface area contributed by atoms with Crippen LogP contribution in [0.3, 0.4) is 0 Å². The molecule has 1 rings (SSSR count). The molecule has 124 valence electrons. The Kier molecular flexibility index (Phi) is 6.76. The van der Waals surface area contributed by atoms with Crippen molar-refractivity contribution in [3.05, 3.63) is 29.8 Å². The smallest absolute Gasteiger partial charge is 0.330 e. The summed E-state index contributed by atoms with van der Waals surface area (Å²) in [5, 5.41) is 2.62. The molecule has 1 amide bonds. The van der Waals surface area contributed by atoms with Crippen LogP contribution in [0.4, 0.5) is 23.2 Å². The van der Waals surface area contributed by atoms with Crippen LogP contribution in [0.2, 0.25) is 0 Å². The fraction of sp³-hybridized carbons (Fsp3) is 0.500. The Morgan fingerprint density at radius 2 is 2.09 bits per heavy atom. The number of nitrogens with one attached hydrogen (secondary N) is 1. The second-order valence-electron chi connectivity index (χ2n) is 4.88. The highest BCUT2D eigenvalue weighted by Gasteiger charge is 2.40. The molecule has 0 aliphatic rings.